The van der Waals surface area contributed by atoms with Gasteiger partial charge in [0, 0.05) is 5.92 Å². The molecule has 2 atom stereocenters. The van der Waals surface area contributed by atoms with E-state index in [4.69, 9.17) is 9.47 Å². The molecule has 0 saturated carbocycles. The van der Waals surface area contributed by atoms with Crippen LogP contribution in [0.4, 0.5) is 0 Å². The maximum absolute atomic E-state index is 11.2. The van der Waals surface area contributed by atoms with Crippen molar-refractivity contribution in [3.63, 3.8) is 0 Å². The summed E-state index contributed by atoms with van der Waals surface area (Å²) in [5.74, 6) is 0.728. The van der Waals surface area contributed by atoms with E-state index < -0.39 is 0 Å². The molecule has 0 unspecified atom stereocenters. The van der Waals surface area contributed by atoms with Crippen LogP contribution in [0.25, 0.3) is 0 Å². The average Bonchev–Trinajstić information content (AvgIpc) is 2.70. The smallest absolute Gasteiger partial charge is 0.307 e. The van der Waals surface area contributed by atoms with E-state index in [0.717, 1.165) is 11.3 Å². The van der Waals surface area contributed by atoms with Crippen LogP contribution in [0, 0.1) is 0 Å². The van der Waals surface area contributed by atoms with Gasteiger partial charge in [-0.25, -0.2) is 0 Å². The molecule has 1 saturated heterocycles. The number of carbonyl (C=O) groups is 1. The molecule has 0 spiro atoms. The van der Waals surface area contributed by atoms with Gasteiger partial charge in [-0.3, -0.25) is 4.79 Å². The van der Waals surface area contributed by atoms with Crippen LogP contribution in [0.5, 0.6) is 5.75 Å². The summed E-state index contributed by atoms with van der Waals surface area (Å²) in [7, 11) is 1.63. The summed E-state index contributed by atoms with van der Waals surface area (Å²) in [6.45, 7) is 3.68. The van der Waals surface area contributed by atoms with Crippen LogP contribution in [0.2, 0.25) is 0 Å². The number of hydrogen-bond acceptors (Lipinski definition) is 3. The van der Waals surface area contributed by atoms with E-state index in [1.54, 1.807) is 13.2 Å². The largest absolute Gasteiger partial charge is 0.497 e. The van der Waals surface area contributed by atoms with Crippen LogP contribution in [-0.4, -0.2) is 19.2 Å². The van der Waals surface area contributed by atoms with E-state index in [0.29, 0.717) is 6.42 Å². The summed E-state index contributed by atoms with van der Waals surface area (Å²) in [6.07, 6.45) is 1.89. The number of esters is 1. The molecule has 2 rings (SSSR count). The van der Waals surface area contributed by atoms with Crippen molar-refractivity contribution in [2.45, 2.75) is 18.4 Å². The van der Waals surface area contributed by atoms with Gasteiger partial charge >= 0.3 is 5.97 Å². The summed E-state index contributed by atoms with van der Waals surface area (Å²) >= 11 is 0. The first-order chi connectivity index (χ1) is 7.74. The van der Waals surface area contributed by atoms with E-state index in [1.165, 1.54) is 0 Å². The van der Waals surface area contributed by atoms with E-state index in [9.17, 15) is 4.79 Å². The third-order valence-electron chi connectivity index (χ3n) is 2.83. The second-order valence-corrected chi connectivity index (χ2v) is 3.77. The van der Waals surface area contributed by atoms with Crippen LogP contribution < -0.4 is 4.74 Å². The number of cyclic esters (lactones) is 1. The molecule has 1 aliphatic heterocycles. The Hall–Kier alpha value is -1.77. The molecule has 0 radical (unpaired) electrons. The number of methoxy groups -OCH3 is 1. The Kier molecular flexibility index (Phi) is 2.95. The maximum atomic E-state index is 11.2. The molecule has 1 fully saturated rings. The summed E-state index contributed by atoms with van der Waals surface area (Å²) in [5.41, 5.74) is 1.08. The second-order valence-electron chi connectivity index (χ2n) is 3.77. The third-order valence-corrected chi connectivity index (χ3v) is 2.83. The number of benzene rings is 1. The van der Waals surface area contributed by atoms with Crippen molar-refractivity contribution < 1.29 is 14.3 Å². The number of carbonyl (C=O) groups excluding carboxylic acids is 1. The Labute approximate surface area is 94.7 Å². The lowest BCUT2D eigenvalue weighted by Gasteiger charge is -2.14. The highest BCUT2D eigenvalue weighted by Crippen LogP contribution is 2.33. The zero-order valence-electron chi connectivity index (χ0n) is 9.18. The van der Waals surface area contributed by atoms with Crippen LogP contribution >= 0.6 is 0 Å². The molecule has 1 aromatic carbocycles. The number of rotatable bonds is 3. The predicted octanol–water partition coefficient (Wildman–Crippen LogP) is 2.28. The molecule has 1 aromatic rings. The van der Waals surface area contributed by atoms with Crippen LogP contribution in [0.3, 0.4) is 0 Å². The van der Waals surface area contributed by atoms with Gasteiger partial charge in [-0.05, 0) is 17.7 Å². The standard InChI is InChI=1S/C13H14O3/c1-3-12-11(8-13(14)16-12)9-4-6-10(15-2)7-5-9/h3-7,11-12H,1,8H2,2H3/t11-,12+/m1/s1. The summed E-state index contributed by atoms with van der Waals surface area (Å²) in [4.78, 5) is 11.2. The SMILES string of the molecule is C=C[C@@H]1OC(=O)C[C@@H]1c1ccc(OC)cc1. The minimum atomic E-state index is -0.208. The highest BCUT2D eigenvalue weighted by atomic mass is 16.5. The molecule has 0 aliphatic carbocycles. The fraction of sp³-hybridized carbons (Fsp3) is 0.308. The van der Waals surface area contributed by atoms with E-state index >= 15 is 0 Å². The Bertz CT molecular complexity index is 394. The first kappa shape index (κ1) is 10.7. The first-order valence-corrected chi connectivity index (χ1v) is 5.20. The average molecular weight is 218 g/mol. The van der Waals surface area contributed by atoms with Gasteiger partial charge in [-0.15, -0.1) is 0 Å². The zero-order chi connectivity index (χ0) is 11.5. The molecule has 1 heterocycles. The molecular weight excluding hydrogens is 204 g/mol. The molecular formula is C13H14O3. The lowest BCUT2D eigenvalue weighted by molar-refractivity contribution is -0.140. The lowest BCUT2D eigenvalue weighted by atomic mass is 9.92. The van der Waals surface area contributed by atoms with Gasteiger partial charge in [0.1, 0.15) is 11.9 Å². The maximum Gasteiger partial charge on any atom is 0.307 e. The number of ether oxygens (including phenoxy) is 2. The van der Waals surface area contributed by atoms with Crippen LogP contribution in [-0.2, 0) is 9.53 Å². The third kappa shape index (κ3) is 1.94. The van der Waals surface area contributed by atoms with Gasteiger partial charge < -0.3 is 9.47 Å². The van der Waals surface area contributed by atoms with Crippen molar-refractivity contribution in [1.29, 1.82) is 0 Å². The Morgan fingerprint density at radius 2 is 2.12 bits per heavy atom. The molecule has 0 bridgehead atoms. The van der Waals surface area contributed by atoms with E-state index in [-0.39, 0.29) is 18.0 Å². The van der Waals surface area contributed by atoms with Crippen molar-refractivity contribution in [2.24, 2.45) is 0 Å². The minimum absolute atomic E-state index is 0.0795. The molecule has 3 heteroatoms. The topological polar surface area (TPSA) is 35.5 Å². The molecule has 1 aliphatic rings. The highest BCUT2D eigenvalue weighted by Gasteiger charge is 2.33. The first-order valence-electron chi connectivity index (χ1n) is 5.20. The lowest BCUT2D eigenvalue weighted by Crippen LogP contribution is -2.10. The van der Waals surface area contributed by atoms with Crippen molar-refractivity contribution >= 4 is 5.97 Å². The predicted molar refractivity (Wildman–Crippen MR) is 60.4 cm³/mol. The monoisotopic (exact) mass is 218 g/mol. The molecule has 0 N–H and O–H groups in total. The van der Waals surface area contributed by atoms with Crippen LogP contribution in [0.15, 0.2) is 36.9 Å². The Balaban J connectivity index is 2.22. The van der Waals surface area contributed by atoms with Crippen molar-refractivity contribution in [2.75, 3.05) is 7.11 Å². The fourth-order valence-corrected chi connectivity index (χ4v) is 1.95. The van der Waals surface area contributed by atoms with Gasteiger partial charge in [-0.2, -0.15) is 0 Å². The Morgan fingerprint density at radius 1 is 1.44 bits per heavy atom. The van der Waals surface area contributed by atoms with Crippen LogP contribution in [0.1, 0.15) is 17.9 Å². The molecule has 3 nitrogen and oxygen atoms in total. The van der Waals surface area contributed by atoms with E-state index in [1.807, 2.05) is 24.3 Å². The van der Waals surface area contributed by atoms with Gasteiger partial charge in [0.15, 0.2) is 0 Å². The molecule has 16 heavy (non-hydrogen) atoms. The van der Waals surface area contributed by atoms with Crippen molar-refractivity contribution in [3.8, 4) is 5.75 Å². The summed E-state index contributed by atoms with van der Waals surface area (Å²) < 4.78 is 10.2. The second kappa shape index (κ2) is 4.39. The summed E-state index contributed by atoms with van der Waals surface area (Å²) in [5, 5.41) is 0. The fourth-order valence-electron chi connectivity index (χ4n) is 1.95. The quantitative estimate of drug-likeness (QED) is 0.576. The van der Waals surface area contributed by atoms with E-state index in [2.05, 4.69) is 6.58 Å². The molecule has 0 aromatic heterocycles. The normalized spacial score (nSPS) is 23.9. The van der Waals surface area contributed by atoms with Crippen molar-refractivity contribution in [3.05, 3.63) is 42.5 Å². The van der Waals surface area contributed by atoms with Gasteiger partial charge in [-0.1, -0.05) is 24.8 Å². The molecule has 84 valence electrons. The Morgan fingerprint density at radius 3 is 2.69 bits per heavy atom. The minimum Gasteiger partial charge on any atom is -0.497 e. The van der Waals surface area contributed by atoms with Gasteiger partial charge in [0.25, 0.3) is 0 Å². The van der Waals surface area contributed by atoms with Gasteiger partial charge in [0.05, 0.1) is 13.5 Å². The molecule has 0 amide bonds. The summed E-state index contributed by atoms with van der Waals surface area (Å²) in [6, 6.07) is 7.69. The van der Waals surface area contributed by atoms with Gasteiger partial charge in [0.2, 0.25) is 0 Å². The van der Waals surface area contributed by atoms with Crippen molar-refractivity contribution in [1.82, 2.24) is 0 Å². The highest BCUT2D eigenvalue weighted by molar-refractivity contribution is 5.74. The number of hydrogen-bond donors (Lipinski definition) is 0. The zero-order valence-corrected chi connectivity index (χ0v) is 9.18.